The summed E-state index contributed by atoms with van der Waals surface area (Å²) in [6, 6.07) is 27.3. The van der Waals surface area contributed by atoms with E-state index in [1.807, 2.05) is 29.1 Å². The maximum absolute atomic E-state index is 6.77. The zero-order valence-electron chi connectivity index (χ0n) is 21.7. The van der Waals surface area contributed by atoms with Crippen molar-refractivity contribution in [3.63, 3.8) is 0 Å². The first-order valence-electron chi connectivity index (χ1n) is 12.4. The van der Waals surface area contributed by atoms with E-state index in [1.165, 1.54) is 22.5 Å². The van der Waals surface area contributed by atoms with Gasteiger partial charge in [-0.15, -0.1) is 0 Å². The minimum Gasteiger partial charge on any atom is -0.351 e. The zero-order valence-corrected chi connectivity index (χ0v) is 23.4. The number of anilines is 2. The highest BCUT2D eigenvalue weighted by Crippen LogP contribution is 2.62. The van der Waals surface area contributed by atoms with Gasteiger partial charge in [-0.05, 0) is 49.7 Å². The van der Waals surface area contributed by atoms with Gasteiger partial charge in [0, 0.05) is 41.1 Å². The summed E-state index contributed by atoms with van der Waals surface area (Å²) in [6.07, 6.45) is -0.590. The average Bonchev–Trinajstić information content (AvgIpc) is 3.34. The van der Waals surface area contributed by atoms with Gasteiger partial charge in [0.15, 0.2) is 5.82 Å². The maximum Gasteiger partial charge on any atom is 0.166 e. The van der Waals surface area contributed by atoms with Crippen LogP contribution in [0.4, 0.5) is 17.2 Å². The molecule has 2 aliphatic heterocycles. The number of para-hydroxylation sites is 2. The molecule has 2 aliphatic rings. The third-order valence-corrected chi connectivity index (χ3v) is 11.6. The fraction of sp³-hybridized carbons (Fsp3) is 0.200. The second kappa shape index (κ2) is 8.54. The first kappa shape index (κ1) is 23.9. The molecule has 0 spiro atoms. The third kappa shape index (κ3) is 3.62. The van der Waals surface area contributed by atoms with Gasteiger partial charge in [0.1, 0.15) is 0 Å². The molecule has 1 unspecified atom stereocenters. The molecule has 1 N–H and O–H groups in total. The Morgan fingerprint density at radius 2 is 1.57 bits per heavy atom. The molecule has 0 aliphatic carbocycles. The summed E-state index contributed by atoms with van der Waals surface area (Å²) in [4.78, 5) is 7.34. The number of likely N-dealkylation sites (N-methyl/N-ethyl adjacent to an activating group) is 1. The monoisotopic (exact) mass is 523 g/mol. The van der Waals surface area contributed by atoms with Crippen LogP contribution in [0.5, 0.6) is 0 Å². The van der Waals surface area contributed by atoms with Crippen LogP contribution in [0, 0.1) is 13.8 Å². The molecule has 3 aromatic carbocycles. The largest absolute Gasteiger partial charge is 0.351 e. The van der Waals surface area contributed by atoms with Crippen molar-refractivity contribution < 1.29 is 0 Å². The molecule has 6 rings (SSSR count). The van der Waals surface area contributed by atoms with Crippen molar-refractivity contribution in [2.45, 2.75) is 33.1 Å². The summed E-state index contributed by atoms with van der Waals surface area (Å²) in [5, 5.41) is 10.9. The lowest BCUT2D eigenvalue weighted by molar-refractivity contribution is 0.639. The van der Waals surface area contributed by atoms with Crippen LogP contribution in [0.3, 0.4) is 0 Å². The van der Waals surface area contributed by atoms with Crippen molar-refractivity contribution in [3.05, 3.63) is 107 Å². The Balaban J connectivity index is 1.63. The Bertz CT molecular complexity index is 1630. The molecule has 37 heavy (non-hydrogen) atoms. The molecule has 0 radical (unpaired) electrons. The van der Waals surface area contributed by atoms with E-state index in [2.05, 4.69) is 105 Å². The van der Waals surface area contributed by atoms with Crippen molar-refractivity contribution in [2.75, 3.05) is 17.0 Å². The molecule has 0 saturated carbocycles. The van der Waals surface area contributed by atoms with Gasteiger partial charge in [0.25, 0.3) is 0 Å². The number of nitrogens with one attached hydrogen (secondary N) is 1. The van der Waals surface area contributed by atoms with Gasteiger partial charge < -0.3 is 9.99 Å². The Hall–Kier alpha value is -3.47. The molecule has 1 aromatic heterocycles. The fourth-order valence-corrected chi connectivity index (χ4v) is 9.88. The molecule has 4 aromatic rings. The quantitative estimate of drug-likeness (QED) is 0.295. The van der Waals surface area contributed by atoms with E-state index >= 15 is 0 Å². The summed E-state index contributed by atoms with van der Waals surface area (Å²) >= 11 is 6.77. The number of aryl methyl sites for hydroxylation is 2. The molecule has 3 heterocycles. The Morgan fingerprint density at radius 3 is 2.27 bits per heavy atom. The van der Waals surface area contributed by atoms with Crippen LogP contribution in [0.1, 0.15) is 30.7 Å². The fourth-order valence-electron chi connectivity index (χ4n) is 5.65. The standard InChI is InChI=1S/C30H30N5PS/c1-20-15-17-22(18-16-20)33-36(37)26(28-30(3,4)24-13-9-10-14-25(24)34(28)5)19-31-29-27(36)21(2)32-35(29)23-11-7-6-8-12-23/h6-19H,1-5H3,(H,33,37). The lowest BCUT2D eigenvalue weighted by Crippen LogP contribution is -2.29. The van der Waals surface area contributed by atoms with Gasteiger partial charge in [0.05, 0.1) is 22.9 Å². The molecule has 0 bridgehead atoms. The third-order valence-electron chi connectivity index (χ3n) is 7.42. The second-order valence-electron chi connectivity index (χ2n) is 10.3. The summed E-state index contributed by atoms with van der Waals surface area (Å²) in [7, 11) is 2.14. The van der Waals surface area contributed by atoms with Crippen LogP contribution in [0.25, 0.3) is 5.69 Å². The zero-order chi connectivity index (χ0) is 25.9. The number of benzene rings is 3. The van der Waals surface area contributed by atoms with Crippen LogP contribution in [0.2, 0.25) is 0 Å². The first-order chi connectivity index (χ1) is 17.7. The number of fused-ring (bicyclic) bond motifs is 2. The lowest BCUT2D eigenvalue weighted by Gasteiger charge is -2.35. The minimum absolute atomic E-state index is 0.230. The van der Waals surface area contributed by atoms with Crippen LogP contribution >= 0.6 is 6.19 Å². The number of rotatable bonds is 3. The highest BCUT2D eigenvalue weighted by Gasteiger charge is 2.45. The minimum atomic E-state index is -2.59. The van der Waals surface area contributed by atoms with Crippen LogP contribution in [-0.2, 0) is 17.2 Å². The average molecular weight is 524 g/mol. The van der Waals surface area contributed by atoms with Crippen LogP contribution in [-0.4, -0.2) is 23.0 Å². The molecule has 1 atom stereocenters. The van der Waals surface area contributed by atoms with E-state index in [-0.39, 0.29) is 5.41 Å². The predicted molar refractivity (Wildman–Crippen MR) is 160 cm³/mol. The van der Waals surface area contributed by atoms with Crippen molar-refractivity contribution in [2.24, 2.45) is 4.99 Å². The van der Waals surface area contributed by atoms with E-state index in [4.69, 9.17) is 21.9 Å². The Kier molecular flexibility index (Phi) is 5.52. The first-order valence-corrected chi connectivity index (χ1v) is 15.3. The van der Waals surface area contributed by atoms with E-state index in [9.17, 15) is 0 Å². The van der Waals surface area contributed by atoms with E-state index in [1.54, 1.807) is 0 Å². The Morgan fingerprint density at radius 1 is 0.892 bits per heavy atom. The number of hydrogen-bond acceptors (Lipinski definition) is 4. The number of aliphatic imine (C=N–C) groups is 1. The van der Waals surface area contributed by atoms with Crippen molar-refractivity contribution in [3.8, 4) is 5.69 Å². The number of aromatic nitrogens is 2. The van der Waals surface area contributed by atoms with Gasteiger partial charge in [-0.3, -0.25) is 0 Å². The van der Waals surface area contributed by atoms with Gasteiger partial charge in [0.2, 0.25) is 0 Å². The second-order valence-corrected chi connectivity index (χ2v) is 14.3. The summed E-state index contributed by atoms with van der Waals surface area (Å²) in [6.45, 7) is 8.72. The number of nitrogens with zero attached hydrogens (tertiary/aromatic N) is 4. The molecule has 0 fully saturated rings. The molecule has 0 saturated heterocycles. The van der Waals surface area contributed by atoms with Crippen LogP contribution < -0.4 is 15.3 Å². The Labute approximate surface area is 223 Å². The smallest absolute Gasteiger partial charge is 0.166 e. The van der Waals surface area contributed by atoms with E-state index in [0.29, 0.717) is 0 Å². The molecule has 186 valence electrons. The summed E-state index contributed by atoms with van der Waals surface area (Å²) in [5.41, 5.74) is 7.58. The van der Waals surface area contributed by atoms with E-state index < -0.39 is 6.19 Å². The summed E-state index contributed by atoms with van der Waals surface area (Å²) in [5.74, 6) is 0.812. The normalized spacial score (nSPS) is 21.6. The van der Waals surface area contributed by atoms with Crippen LogP contribution in [0.15, 0.2) is 94.9 Å². The molecular weight excluding hydrogens is 493 g/mol. The predicted octanol–water partition coefficient (Wildman–Crippen LogP) is 6.98. The lowest BCUT2D eigenvalue weighted by atomic mass is 9.84. The van der Waals surface area contributed by atoms with Crippen molar-refractivity contribution in [1.29, 1.82) is 0 Å². The maximum atomic E-state index is 6.77. The molecule has 7 heteroatoms. The van der Waals surface area contributed by atoms with Gasteiger partial charge in [-0.1, -0.05) is 79.7 Å². The van der Waals surface area contributed by atoms with Crippen molar-refractivity contribution in [1.82, 2.24) is 9.78 Å². The number of allylic oxidation sites excluding steroid dienone is 2. The molecule has 0 amide bonds. The number of hydrogen-bond donors (Lipinski definition) is 1. The highest BCUT2D eigenvalue weighted by atomic mass is 32.4. The molecule has 5 nitrogen and oxygen atoms in total. The molecular formula is C30H30N5PS. The van der Waals surface area contributed by atoms with E-state index in [0.717, 1.165) is 33.5 Å². The summed E-state index contributed by atoms with van der Waals surface area (Å²) < 4.78 is 1.93. The SMILES string of the molecule is Cc1ccc(NP2(=S)C(=C3N(C)c4ccccc4C3(C)C)C=Nc3c2c(C)nn3-c2ccccc2)cc1. The van der Waals surface area contributed by atoms with Gasteiger partial charge >= 0.3 is 0 Å². The van der Waals surface area contributed by atoms with Gasteiger partial charge in [-0.2, -0.15) is 5.10 Å². The topological polar surface area (TPSA) is 45.4 Å². The van der Waals surface area contributed by atoms with Crippen molar-refractivity contribution >= 4 is 46.7 Å². The van der Waals surface area contributed by atoms with Gasteiger partial charge in [-0.25, -0.2) is 9.67 Å². The highest BCUT2D eigenvalue weighted by molar-refractivity contribution is 8.21.